The summed E-state index contributed by atoms with van der Waals surface area (Å²) in [6.07, 6.45) is -0.0892. The molecule has 0 aliphatic rings. The summed E-state index contributed by atoms with van der Waals surface area (Å²) >= 11 is 0. The van der Waals surface area contributed by atoms with Crippen molar-refractivity contribution in [3.63, 3.8) is 0 Å². The second-order valence-electron chi connectivity index (χ2n) is 6.63. The van der Waals surface area contributed by atoms with Gasteiger partial charge in [0.1, 0.15) is 17.2 Å². The van der Waals surface area contributed by atoms with E-state index in [0.717, 1.165) is 5.56 Å². The number of hydrogen-bond donors (Lipinski definition) is 1. The van der Waals surface area contributed by atoms with Gasteiger partial charge in [0.25, 0.3) is 5.91 Å². The van der Waals surface area contributed by atoms with Gasteiger partial charge in [-0.1, -0.05) is 24.2 Å². The third-order valence-corrected chi connectivity index (χ3v) is 4.46. The van der Waals surface area contributed by atoms with Crippen LogP contribution >= 0.6 is 0 Å². The first-order valence-electron chi connectivity index (χ1n) is 9.60. The monoisotopic (exact) mass is 411 g/mol. The van der Waals surface area contributed by atoms with E-state index in [2.05, 4.69) is 15.5 Å². The summed E-state index contributed by atoms with van der Waals surface area (Å²) in [6.45, 7) is 3.96. The molecule has 0 unspecified atom stereocenters. The Morgan fingerprint density at radius 1 is 1.13 bits per heavy atom. The highest BCUT2D eigenvalue weighted by Crippen LogP contribution is 2.31. The van der Waals surface area contributed by atoms with E-state index in [-0.39, 0.29) is 18.3 Å². The van der Waals surface area contributed by atoms with Crippen molar-refractivity contribution in [2.24, 2.45) is 0 Å². The van der Waals surface area contributed by atoms with Crippen molar-refractivity contribution in [1.29, 1.82) is 0 Å². The van der Waals surface area contributed by atoms with Crippen molar-refractivity contribution >= 4 is 5.91 Å². The normalized spacial score (nSPS) is 11.6. The summed E-state index contributed by atoms with van der Waals surface area (Å²) in [5, 5.41) is 6.77. The molecule has 1 aromatic heterocycles. The van der Waals surface area contributed by atoms with Crippen molar-refractivity contribution in [3.8, 4) is 28.6 Å². The molecule has 0 saturated heterocycles. The maximum absolute atomic E-state index is 12.5. The Bertz CT molecular complexity index is 1000. The van der Waals surface area contributed by atoms with Crippen LogP contribution in [0.15, 0.2) is 47.0 Å². The molecule has 2 aromatic carbocycles. The van der Waals surface area contributed by atoms with E-state index < -0.39 is 6.10 Å². The zero-order valence-corrected chi connectivity index (χ0v) is 17.5. The van der Waals surface area contributed by atoms with Gasteiger partial charge in [0.15, 0.2) is 6.10 Å². The lowest BCUT2D eigenvalue weighted by molar-refractivity contribution is -0.128. The predicted molar refractivity (Wildman–Crippen MR) is 111 cm³/mol. The van der Waals surface area contributed by atoms with Gasteiger partial charge in [-0.15, -0.1) is 0 Å². The molecule has 0 spiro atoms. The number of nitrogens with zero attached hydrogens (tertiary/aromatic N) is 2. The fraction of sp³-hybridized carbons (Fsp3) is 0.318. The minimum absolute atomic E-state index is 0.0952. The average Bonchev–Trinajstić information content (AvgIpc) is 3.24. The van der Waals surface area contributed by atoms with E-state index in [1.165, 1.54) is 0 Å². The Morgan fingerprint density at radius 3 is 2.67 bits per heavy atom. The number of aromatic nitrogens is 2. The van der Waals surface area contributed by atoms with E-state index >= 15 is 0 Å². The van der Waals surface area contributed by atoms with Gasteiger partial charge in [0, 0.05) is 6.07 Å². The maximum atomic E-state index is 12.5. The van der Waals surface area contributed by atoms with Crippen LogP contribution in [0, 0.1) is 6.92 Å². The van der Waals surface area contributed by atoms with E-state index in [4.69, 9.17) is 18.7 Å². The first-order chi connectivity index (χ1) is 14.5. The molecule has 1 heterocycles. The van der Waals surface area contributed by atoms with Crippen LogP contribution in [0.4, 0.5) is 0 Å². The Labute approximate surface area is 175 Å². The van der Waals surface area contributed by atoms with Gasteiger partial charge in [-0.2, -0.15) is 4.98 Å². The molecule has 1 N–H and O–H groups in total. The number of carbonyl (C=O) groups excluding carboxylic acids is 1. The molecule has 0 aliphatic carbocycles. The van der Waals surface area contributed by atoms with Gasteiger partial charge in [0.05, 0.1) is 26.3 Å². The minimum atomic E-state index is -0.615. The summed E-state index contributed by atoms with van der Waals surface area (Å²) in [7, 11) is 3.13. The van der Waals surface area contributed by atoms with Crippen LogP contribution in [0.3, 0.4) is 0 Å². The van der Waals surface area contributed by atoms with Crippen molar-refractivity contribution in [2.75, 3.05) is 14.2 Å². The standard InChI is InChI=1S/C22H25N3O5/c1-5-18(29-16-8-6-7-14(2)11-16)22(26)23-13-20-24-21(25-30-20)17-10-9-15(27-3)12-19(17)28-4/h6-12,18H,5,13H2,1-4H3,(H,23,26)/t18-/m0/s1. The Kier molecular flexibility index (Phi) is 6.90. The van der Waals surface area contributed by atoms with Gasteiger partial charge in [-0.05, 0) is 43.2 Å². The van der Waals surface area contributed by atoms with Crippen molar-refractivity contribution in [3.05, 3.63) is 53.9 Å². The van der Waals surface area contributed by atoms with Crippen LogP contribution in [0.2, 0.25) is 0 Å². The van der Waals surface area contributed by atoms with E-state index in [9.17, 15) is 4.79 Å². The number of benzene rings is 2. The van der Waals surface area contributed by atoms with Crippen LogP contribution in [0.1, 0.15) is 24.8 Å². The van der Waals surface area contributed by atoms with Crippen molar-refractivity contribution in [1.82, 2.24) is 15.5 Å². The molecule has 8 nitrogen and oxygen atoms in total. The second kappa shape index (κ2) is 9.78. The third kappa shape index (κ3) is 5.08. The number of carbonyl (C=O) groups is 1. The lowest BCUT2D eigenvalue weighted by atomic mass is 10.2. The van der Waals surface area contributed by atoms with Gasteiger partial charge in [0.2, 0.25) is 11.7 Å². The zero-order chi connectivity index (χ0) is 21.5. The number of nitrogens with one attached hydrogen (secondary N) is 1. The van der Waals surface area contributed by atoms with Crippen LogP contribution in [0.5, 0.6) is 17.2 Å². The van der Waals surface area contributed by atoms with E-state index in [1.807, 2.05) is 38.1 Å². The van der Waals surface area contributed by atoms with Gasteiger partial charge in [-0.25, -0.2) is 0 Å². The average molecular weight is 411 g/mol. The zero-order valence-electron chi connectivity index (χ0n) is 17.5. The molecule has 30 heavy (non-hydrogen) atoms. The number of ether oxygens (including phenoxy) is 3. The summed E-state index contributed by atoms with van der Waals surface area (Å²) in [4.78, 5) is 16.9. The molecular formula is C22H25N3O5. The Balaban J connectivity index is 1.64. The smallest absolute Gasteiger partial charge is 0.261 e. The van der Waals surface area contributed by atoms with E-state index in [0.29, 0.717) is 35.1 Å². The molecule has 1 amide bonds. The number of aryl methyl sites for hydroxylation is 1. The van der Waals surface area contributed by atoms with Crippen LogP contribution in [-0.2, 0) is 11.3 Å². The Morgan fingerprint density at radius 2 is 1.97 bits per heavy atom. The molecule has 0 radical (unpaired) electrons. The summed E-state index contributed by atoms with van der Waals surface area (Å²) in [5.74, 6) is 2.27. The summed E-state index contributed by atoms with van der Waals surface area (Å²) in [5.41, 5.74) is 1.73. The highest BCUT2D eigenvalue weighted by molar-refractivity contribution is 5.81. The summed E-state index contributed by atoms with van der Waals surface area (Å²) in [6, 6.07) is 12.9. The molecule has 1 atom stereocenters. The molecule has 3 rings (SSSR count). The SMILES string of the molecule is CC[C@H](Oc1cccc(C)c1)C(=O)NCc1nc(-c2ccc(OC)cc2OC)no1. The number of hydrogen-bond acceptors (Lipinski definition) is 7. The minimum Gasteiger partial charge on any atom is -0.497 e. The topological polar surface area (TPSA) is 95.7 Å². The summed E-state index contributed by atoms with van der Waals surface area (Å²) < 4.78 is 21.7. The molecule has 8 heteroatoms. The van der Waals surface area contributed by atoms with Crippen molar-refractivity contribution in [2.45, 2.75) is 32.9 Å². The van der Waals surface area contributed by atoms with Crippen LogP contribution < -0.4 is 19.5 Å². The predicted octanol–water partition coefficient (Wildman–Crippen LogP) is 3.54. The molecule has 0 aliphatic heterocycles. The Hall–Kier alpha value is -3.55. The first kappa shape index (κ1) is 21.2. The largest absolute Gasteiger partial charge is 0.497 e. The van der Waals surface area contributed by atoms with Gasteiger partial charge >= 0.3 is 0 Å². The van der Waals surface area contributed by atoms with Gasteiger partial charge < -0.3 is 24.1 Å². The molecule has 0 bridgehead atoms. The third-order valence-electron chi connectivity index (χ3n) is 4.46. The highest BCUT2D eigenvalue weighted by Gasteiger charge is 2.20. The number of amides is 1. The molecule has 158 valence electrons. The quantitative estimate of drug-likeness (QED) is 0.575. The molecular weight excluding hydrogens is 386 g/mol. The second-order valence-corrected chi connectivity index (χ2v) is 6.63. The van der Waals surface area contributed by atoms with Crippen molar-refractivity contribution < 1.29 is 23.5 Å². The number of rotatable bonds is 9. The molecule has 3 aromatic rings. The fourth-order valence-electron chi connectivity index (χ4n) is 2.87. The maximum Gasteiger partial charge on any atom is 0.261 e. The highest BCUT2D eigenvalue weighted by atomic mass is 16.5. The van der Waals surface area contributed by atoms with Crippen LogP contribution in [-0.4, -0.2) is 36.4 Å². The lowest BCUT2D eigenvalue weighted by Gasteiger charge is -2.17. The van der Waals surface area contributed by atoms with Crippen LogP contribution in [0.25, 0.3) is 11.4 Å². The number of methoxy groups -OCH3 is 2. The molecule has 0 saturated carbocycles. The first-order valence-corrected chi connectivity index (χ1v) is 9.60. The molecule has 0 fully saturated rings. The lowest BCUT2D eigenvalue weighted by Crippen LogP contribution is -2.37. The van der Waals surface area contributed by atoms with Gasteiger partial charge in [-0.3, -0.25) is 4.79 Å². The fourth-order valence-corrected chi connectivity index (χ4v) is 2.87. The van der Waals surface area contributed by atoms with E-state index in [1.54, 1.807) is 32.4 Å².